The maximum Gasteiger partial charge on any atom is 0.277 e. The minimum atomic E-state index is -0.316. The number of Topliss-reactive ketones (excluding diaryl/α,β-unsaturated/α-hetero) is 1. The van der Waals surface area contributed by atoms with E-state index in [-0.39, 0.29) is 11.0 Å². The van der Waals surface area contributed by atoms with Gasteiger partial charge in [-0.3, -0.25) is 4.79 Å². The molecule has 1 atom stereocenters. The largest absolute Gasteiger partial charge is 0.411 e. The van der Waals surface area contributed by atoms with E-state index in [0.717, 1.165) is 26.7 Å². The standard InChI is InChI=1S/C20H19BrN2O2S/c1-11-9-13(3)16(10-12(11)2)18(24)14(4)26-20-23-22-19(25-20)15-7-5-6-8-17(15)21/h5-10,14H,1-4H3. The number of rotatable bonds is 5. The first kappa shape index (κ1) is 18.9. The molecule has 4 nitrogen and oxygen atoms in total. The third kappa shape index (κ3) is 3.91. The van der Waals surface area contributed by atoms with Crippen molar-refractivity contribution < 1.29 is 9.21 Å². The summed E-state index contributed by atoms with van der Waals surface area (Å²) in [5.74, 6) is 0.498. The number of nitrogens with zero attached hydrogens (tertiary/aromatic N) is 2. The predicted molar refractivity (Wildman–Crippen MR) is 108 cm³/mol. The highest BCUT2D eigenvalue weighted by Crippen LogP contribution is 2.31. The molecule has 0 N–H and O–H groups in total. The van der Waals surface area contributed by atoms with Gasteiger partial charge in [0.2, 0.25) is 5.89 Å². The summed E-state index contributed by atoms with van der Waals surface area (Å²) in [6, 6.07) is 11.7. The quantitative estimate of drug-likeness (QED) is 0.378. The van der Waals surface area contributed by atoms with Crippen LogP contribution in [0.2, 0.25) is 0 Å². The Balaban J connectivity index is 1.78. The Morgan fingerprint density at radius 3 is 2.50 bits per heavy atom. The van der Waals surface area contributed by atoms with Gasteiger partial charge in [-0.1, -0.05) is 30.0 Å². The van der Waals surface area contributed by atoms with Crippen molar-refractivity contribution in [1.29, 1.82) is 0 Å². The molecule has 0 bridgehead atoms. The van der Waals surface area contributed by atoms with Gasteiger partial charge in [-0.15, -0.1) is 10.2 Å². The van der Waals surface area contributed by atoms with Crippen LogP contribution in [0.4, 0.5) is 0 Å². The molecule has 1 heterocycles. The molecule has 3 aromatic rings. The average Bonchev–Trinajstić information content (AvgIpc) is 3.06. The van der Waals surface area contributed by atoms with Crippen LogP contribution in [0.1, 0.15) is 34.0 Å². The molecule has 0 fully saturated rings. The molecule has 0 amide bonds. The summed E-state index contributed by atoms with van der Waals surface area (Å²) in [6.07, 6.45) is 0. The summed E-state index contributed by atoms with van der Waals surface area (Å²) < 4.78 is 6.62. The maximum absolute atomic E-state index is 12.8. The zero-order chi connectivity index (χ0) is 18.8. The summed E-state index contributed by atoms with van der Waals surface area (Å²) in [4.78, 5) is 12.8. The van der Waals surface area contributed by atoms with Gasteiger partial charge in [-0.05, 0) is 78.5 Å². The number of thioether (sulfide) groups is 1. The Morgan fingerprint density at radius 1 is 1.08 bits per heavy atom. The van der Waals surface area contributed by atoms with Gasteiger partial charge in [-0.2, -0.15) is 0 Å². The molecule has 0 saturated carbocycles. The molecule has 2 aromatic carbocycles. The number of hydrogen-bond acceptors (Lipinski definition) is 5. The second-order valence-electron chi connectivity index (χ2n) is 6.23. The van der Waals surface area contributed by atoms with E-state index in [1.54, 1.807) is 0 Å². The Morgan fingerprint density at radius 2 is 1.77 bits per heavy atom. The molecule has 1 unspecified atom stereocenters. The minimum Gasteiger partial charge on any atom is -0.411 e. The summed E-state index contributed by atoms with van der Waals surface area (Å²) in [7, 11) is 0. The van der Waals surface area contributed by atoms with Gasteiger partial charge >= 0.3 is 0 Å². The Labute approximate surface area is 165 Å². The van der Waals surface area contributed by atoms with Gasteiger partial charge in [0, 0.05) is 10.0 Å². The van der Waals surface area contributed by atoms with E-state index < -0.39 is 0 Å². The highest BCUT2D eigenvalue weighted by Gasteiger charge is 2.22. The smallest absolute Gasteiger partial charge is 0.277 e. The first-order valence-electron chi connectivity index (χ1n) is 8.24. The molecule has 0 aliphatic carbocycles. The normalized spacial score (nSPS) is 12.2. The number of halogens is 1. The number of hydrogen-bond donors (Lipinski definition) is 0. The molecule has 3 rings (SSSR count). The fourth-order valence-corrected chi connectivity index (χ4v) is 3.86. The first-order valence-corrected chi connectivity index (χ1v) is 9.91. The van der Waals surface area contributed by atoms with Gasteiger partial charge < -0.3 is 4.42 Å². The minimum absolute atomic E-state index is 0.0660. The second-order valence-corrected chi connectivity index (χ2v) is 8.38. The summed E-state index contributed by atoms with van der Waals surface area (Å²) in [5.41, 5.74) is 4.87. The van der Waals surface area contributed by atoms with Crippen LogP contribution in [-0.2, 0) is 0 Å². The van der Waals surface area contributed by atoms with Crippen LogP contribution in [0, 0.1) is 20.8 Å². The second kappa shape index (κ2) is 7.76. The molecule has 0 radical (unpaired) electrons. The van der Waals surface area contributed by atoms with Crippen LogP contribution in [0.15, 0.2) is 50.5 Å². The average molecular weight is 431 g/mol. The zero-order valence-electron chi connectivity index (χ0n) is 15.0. The topological polar surface area (TPSA) is 56.0 Å². The van der Waals surface area contributed by atoms with Crippen molar-refractivity contribution in [1.82, 2.24) is 10.2 Å². The predicted octanol–water partition coefficient (Wildman–Crippen LogP) is 5.79. The van der Waals surface area contributed by atoms with Crippen molar-refractivity contribution >= 4 is 33.5 Å². The zero-order valence-corrected chi connectivity index (χ0v) is 17.4. The number of carbonyl (C=O) groups excluding carboxylic acids is 1. The van der Waals surface area contributed by atoms with Crippen molar-refractivity contribution in [3.8, 4) is 11.5 Å². The summed E-state index contributed by atoms with van der Waals surface area (Å²) in [5, 5.41) is 8.24. The first-order chi connectivity index (χ1) is 12.4. The molecular weight excluding hydrogens is 412 g/mol. The summed E-state index contributed by atoms with van der Waals surface area (Å²) >= 11 is 4.76. The third-order valence-electron chi connectivity index (χ3n) is 4.26. The Kier molecular flexibility index (Phi) is 5.63. The van der Waals surface area contributed by atoms with Crippen LogP contribution in [0.3, 0.4) is 0 Å². The van der Waals surface area contributed by atoms with E-state index in [9.17, 15) is 4.79 Å². The molecule has 0 spiro atoms. The number of carbonyl (C=O) groups is 1. The highest BCUT2D eigenvalue weighted by molar-refractivity contribution is 9.10. The molecule has 26 heavy (non-hydrogen) atoms. The number of ketones is 1. The van der Waals surface area contributed by atoms with Gasteiger partial charge in [0.25, 0.3) is 5.22 Å². The number of benzene rings is 2. The van der Waals surface area contributed by atoms with Crippen LogP contribution in [0.5, 0.6) is 0 Å². The monoisotopic (exact) mass is 430 g/mol. The SMILES string of the molecule is Cc1cc(C)c(C(=O)C(C)Sc2nnc(-c3ccccc3Br)o2)cc1C. The lowest BCUT2D eigenvalue weighted by atomic mass is 9.97. The van der Waals surface area contributed by atoms with E-state index in [0.29, 0.717) is 11.1 Å². The van der Waals surface area contributed by atoms with Gasteiger partial charge in [0.05, 0.1) is 10.8 Å². The van der Waals surface area contributed by atoms with E-state index >= 15 is 0 Å². The third-order valence-corrected chi connectivity index (χ3v) is 5.89. The Hall–Kier alpha value is -1.92. The van der Waals surface area contributed by atoms with Crippen molar-refractivity contribution in [3.05, 3.63) is 63.1 Å². The van der Waals surface area contributed by atoms with Crippen molar-refractivity contribution in [2.75, 3.05) is 0 Å². The van der Waals surface area contributed by atoms with Gasteiger partial charge in [-0.25, -0.2) is 0 Å². The van der Waals surface area contributed by atoms with E-state index in [1.165, 1.54) is 17.3 Å². The van der Waals surface area contributed by atoms with Crippen molar-refractivity contribution in [3.63, 3.8) is 0 Å². The van der Waals surface area contributed by atoms with Crippen molar-refractivity contribution in [2.24, 2.45) is 0 Å². The molecule has 1 aromatic heterocycles. The van der Waals surface area contributed by atoms with Crippen molar-refractivity contribution in [2.45, 2.75) is 38.2 Å². The van der Waals surface area contributed by atoms with Gasteiger partial charge in [0.15, 0.2) is 5.78 Å². The molecule has 0 aliphatic heterocycles. The molecule has 6 heteroatoms. The lowest BCUT2D eigenvalue weighted by Crippen LogP contribution is -2.15. The van der Waals surface area contributed by atoms with Gasteiger partial charge in [0.1, 0.15) is 0 Å². The Bertz CT molecular complexity index is 968. The van der Waals surface area contributed by atoms with Crippen LogP contribution in [-0.4, -0.2) is 21.2 Å². The molecule has 0 aliphatic rings. The molecule has 134 valence electrons. The fourth-order valence-electron chi connectivity index (χ4n) is 2.65. The van der Waals surface area contributed by atoms with E-state index in [2.05, 4.69) is 39.1 Å². The number of aromatic nitrogens is 2. The maximum atomic E-state index is 12.8. The van der Waals surface area contributed by atoms with E-state index in [4.69, 9.17) is 4.42 Å². The van der Waals surface area contributed by atoms with Crippen LogP contribution < -0.4 is 0 Å². The number of aryl methyl sites for hydroxylation is 3. The van der Waals surface area contributed by atoms with E-state index in [1.807, 2.05) is 51.1 Å². The lowest BCUT2D eigenvalue weighted by molar-refractivity contribution is 0.0993. The fraction of sp³-hybridized carbons (Fsp3) is 0.250. The van der Waals surface area contributed by atoms with Crippen LogP contribution in [0.25, 0.3) is 11.5 Å². The molecular formula is C20H19BrN2O2S. The van der Waals surface area contributed by atoms with Crippen LogP contribution >= 0.6 is 27.7 Å². The highest BCUT2D eigenvalue weighted by atomic mass is 79.9. The lowest BCUT2D eigenvalue weighted by Gasteiger charge is -2.12. The molecule has 0 saturated heterocycles. The summed E-state index contributed by atoms with van der Waals surface area (Å²) in [6.45, 7) is 7.90.